The Morgan fingerprint density at radius 2 is 1.86 bits per heavy atom. The number of carbonyl (C=O) groups is 2. The monoisotopic (exact) mass is 300 g/mol. The Morgan fingerprint density at radius 3 is 2.55 bits per heavy atom. The number of hydrogen-bond donors (Lipinski definition) is 1. The lowest BCUT2D eigenvalue weighted by molar-refractivity contribution is -0.128. The molecule has 2 rings (SSSR count). The van der Waals surface area contributed by atoms with Gasteiger partial charge in [-0.2, -0.15) is 0 Å². The van der Waals surface area contributed by atoms with Crippen LogP contribution < -0.4 is 5.32 Å². The van der Waals surface area contributed by atoms with Gasteiger partial charge < -0.3 is 10.2 Å². The molecule has 2 amide bonds. The van der Waals surface area contributed by atoms with Gasteiger partial charge >= 0.3 is 0 Å². The van der Waals surface area contributed by atoms with Crippen molar-refractivity contribution >= 4 is 17.5 Å². The van der Waals surface area contributed by atoms with E-state index in [4.69, 9.17) is 0 Å². The van der Waals surface area contributed by atoms with Crippen LogP contribution in [0, 0.1) is 5.82 Å². The van der Waals surface area contributed by atoms with Crippen molar-refractivity contribution in [2.24, 2.45) is 0 Å². The summed E-state index contributed by atoms with van der Waals surface area (Å²) in [5.74, 6) is -0.916. The van der Waals surface area contributed by atoms with E-state index in [0.29, 0.717) is 12.2 Å². The molecule has 0 aliphatic rings. The molecule has 1 N–H and O–H groups in total. The molecule has 0 aliphatic carbocycles. The third-order valence-electron chi connectivity index (χ3n) is 3.30. The molecular formula is C17H17FN2O2. The van der Waals surface area contributed by atoms with Gasteiger partial charge in [0.15, 0.2) is 0 Å². The number of carbonyl (C=O) groups excluding carboxylic acids is 2. The van der Waals surface area contributed by atoms with Crippen LogP contribution in [-0.2, 0) is 11.3 Å². The number of anilines is 1. The highest BCUT2D eigenvalue weighted by Gasteiger charge is 2.11. The molecule has 0 spiro atoms. The standard InChI is InChI=1S/C17H17FN2O2/c1-12(21)20(2)11-14-6-3-4-9-16(14)19-17(22)13-7-5-8-15(18)10-13/h3-10H,11H2,1-2H3,(H,19,22). The zero-order valence-electron chi connectivity index (χ0n) is 12.5. The van der Waals surface area contributed by atoms with Crippen LogP contribution in [-0.4, -0.2) is 23.8 Å². The summed E-state index contributed by atoms with van der Waals surface area (Å²) in [4.78, 5) is 25.1. The van der Waals surface area contributed by atoms with E-state index >= 15 is 0 Å². The third kappa shape index (κ3) is 3.91. The molecule has 0 saturated carbocycles. The maximum absolute atomic E-state index is 13.2. The van der Waals surface area contributed by atoms with Crippen LogP contribution in [0.1, 0.15) is 22.8 Å². The smallest absolute Gasteiger partial charge is 0.255 e. The summed E-state index contributed by atoms with van der Waals surface area (Å²) in [5.41, 5.74) is 1.66. The summed E-state index contributed by atoms with van der Waals surface area (Å²) in [5, 5.41) is 2.75. The fraction of sp³-hybridized carbons (Fsp3) is 0.176. The maximum atomic E-state index is 13.2. The first-order chi connectivity index (χ1) is 10.5. The summed E-state index contributed by atoms with van der Waals surface area (Å²) in [6.45, 7) is 1.86. The number of rotatable bonds is 4. The second kappa shape index (κ2) is 6.85. The maximum Gasteiger partial charge on any atom is 0.255 e. The zero-order chi connectivity index (χ0) is 16.1. The van der Waals surface area contributed by atoms with Gasteiger partial charge in [-0.1, -0.05) is 24.3 Å². The second-order valence-electron chi connectivity index (χ2n) is 5.00. The van der Waals surface area contributed by atoms with Gasteiger partial charge in [-0.25, -0.2) is 4.39 Å². The lowest BCUT2D eigenvalue weighted by Crippen LogP contribution is -2.24. The predicted molar refractivity (Wildman–Crippen MR) is 82.9 cm³/mol. The topological polar surface area (TPSA) is 49.4 Å². The molecule has 0 unspecified atom stereocenters. The average Bonchev–Trinajstić information content (AvgIpc) is 2.49. The molecule has 2 aromatic carbocycles. The van der Waals surface area contributed by atoms with Gasteiger partial charge in [-0.3, -0.25) is 9.59 Å². The number of halogens is 1. The molecule has 0 atom stereocenters. The molecule has 0 aromatic heterocycles. The number of hydrogen-bond acceptors (Lipinski definition) is 2. The Hall–Kier alpha value is -2.69. The first-order valence-electron chi connectivity index (χ1n) is 6.84. The average molecular weight is 300 g/mol. The van der Waals surface area contributed by atoms with Crippen LogP contribution in [0.4, 0.5) is 10.1 Å². The Labute approximate surface area is 128 Å². The number of nitrogens with one attached hydrogen (secondary N) is 1. The Balaban J connectivity index is 2.19. The molecule has 22 heavy (non-hydrogen) atoms. The van der Waals surface area contributed by atoms with Crippen molar-refractivity contribution < 1.29 is 14.0 Å². The highest BCUT2D eigenvalue weighted by Crippen LogP contribution is 2.18. The minimum absolute atomic E-state index is 0.0636. The van der Waals surface area contributed by atoms with Crippen LogP contribution in [0.25, 0.3) is 0 Å². The van der Waals surface area contributed by atoms with Crippen molar-refractivity contribution in [2.45, 2.75) is 13.5 Å². The fourth-order valence-corrected chi connectivity index (χ4v) is 1.97. The van der Waals surface area contributed by atoms with Crippen molar-refractivity contribution in [1.82, 2.24) is 4.90 Å². The Bertz CT molecular complexity index is 701. The number of para-hydroxylation sites is 1. The molecule has 0 bridgehead atoms. The quantitative estimate of drug-likeness (QED) is 0.943. The molecule has 114 valence electrons. The SMILES string of the molecule is CC(=O)N(C)Cc1ccccc1NC(=O)c1cccc(F)c1. The summed E-state index contributed by atoms with van der Waals surface area (Å²) in [7, 11) is 1.69. The summed E-state index contributed by atoms with van der Waals surface area (Å²) in [6.07, 6.45) is 0. The normalized spacial score (nSPS) is 10.1. The molecule has 0 heterocycles. The molecule has 0 saturated heterocycles. The largest absolute Gasteiger partial charge is 0.342 e. The van der Waals surface area contributed by atoms with Crippen molar-refractivity contribution in [3.05, 3.63) is 65.5 Å². The lowest BCUT2D eigenvalue weighted by atomic mass is 10.1. The van der Waals surface area contributed by atoms with E-state index < -0.39 is 11.7 Å². The van der Waals surface area contributed by atoms with Gasteiger partial charge in [0, 0.05) is 31.8 Å². The van der Waals surface area contributed by atoms with Crippen molar-refractivity contribution in [1.29, 1.82) is 0 Å². The summed E-state index contributed by atoms with van der Waals surface area (Å²) >= 11 is 0. The van der Waals surface area contributed by atoms with Crippen molar-refractivity contribution in [3.8, 4) is 0 Å². The minimum atomic E-state index is -0.461. The van der Waals surface area contributed by atoms with Crippen molar-refractivity contribution in [3.63, 3.8) is 0 Å². The van der Waals surface area contributed by atoms with Crippen LogP contribution in [0.2, 0.25) is 0 Å². The molecule has 5 heteroatoms. The van der Waals surface area contributed by atoms with E-state index in [1.807, 2.05) is 12.1 Å². The molecule has 4 nitrogen and oxygen atoms in total. The van der Waals surface area contributed by atoms with E-state index in [1.165, 1.54) is 25.1 Å². The number of amides is 2. The molecular weight excluding hydrogens is 283 g/mol. The first kappa shape index (κ1) is 15.7. The summed E-state index contributed by atoms with van der Waals surface area (Å²) in [6, 6.07) is 12.7. The molecule has 0 aliphatic heterocycles. The van der Waals surface area contributed by atoms with E-state index in [1.54, 1.807) is 30.1 Å². The van der Waals surface area contributed by atoms with Gasteiger partial charge in [-0.05, 0) is 29.8 Å². The van der Waals surface area contributed by atoms with Crippen LogP contribution in [0.5, 0.6) is 0 Å². The van der Waals surface area contributed by atoms with Gasteiger partial charge in [0.05, 0.1) is 0 Å². The minimum Gasteiger partial charge on any atom is -0.342 e. The Morgan fingerprint density at radius 1 is 1.14 bits per heavy atom. The van der Waals surface area contributed by atoms with E-state index in [-0.39, 0.29) is 11.5 Å². The Kier molecular flexibility index (Phi) is 4.88. The van der Waals surface area contributed by atoms with Crippen LogP contribution in [0.15, 0.2) is 48.5 Å². The van der Waals surface area contributed by atoms with Gasteiger partial charge in [0.25, 0.3) is 5.91 Å². The first-order valence-corrected chi connectivity index (χ1v) is 6.84. The van der Waals surface area contributed by atoms with E-state index in [9.17, 15) is 14.0 Å². The van der Waals surface area contributed by atoms with E-state index in [2.05, 4.69) is 5.32 Å². The number of nitrogens with zero attached hydrogens (tertiary/aromatic N) is 1. The van der Waals surface area contributed by atoms with Crippen LogP contribution in [0.3, 0.4) is 0 Å². The third-order valence-corrected chi connectivity index (χ3v) is 3.30. The van der Waals surface area contributed by atoms with E-state index in [0.717, 1.165) is 5.56 Å². The predicted octanol–water partition coefficient (Wildman–Crippen LogP) is 3.06. The van der Waals surface area contributed by atoms with Gasteiger partial charge in [0.2, 0.25) is 5.91 Å². The molecule has 2 aromatic rings. The van der Waals surface area contributed by atoms with Gasteiger partial charge in [-0.15, -0.1) is 0 Å². The second-order valence-corrected chi connectivity index (χ2v) is 5.00. The zero-order valence-corrected chi connectivity index (χ0v) is 12.5. The lowest BCUT2D eigenvalue weighted by Gasteiger charge is -2.18. The van der Waals surface area contributed by atoms with Crippen molar-refractivity contribution in [2.75, 3.05) is 12.4 Å². The summed E-state index contributed by atoms with van der Waals surface area (Å²) < 4.78 is 13.2. The van der Waals surface area contributed by atoms with Gasteiger partial charge in [0.1, 0.15) is 5.82 Å². The highest BCUT2D eigenvalue weighted by molar-refractivity contribution is 6.04. The fourth-order valence-electron chi connectivity index (χ4n) is 1.97. The highest BCUT2D eigenvalue weighted by atomic mass is 19.1. The van der Waals surface area contributed by atoms with Crippen LogP contribution >= 0.6 is 0 Å². The molecule has 0 fully saturated rings. The molecule has 0 radical (unpaired) electrons. The number of benzene rings is 2.